The van der Waals surface area contributed by atoms with E-state index in [0.717, 1.165) is 22.5 Å². The van der Waals surface area contributed by atoms with E-state index in [1.54, 1.807) is 0 Å². The van der Waals surface area contributed by atoms with Gasteiger partial charge < -0.3 is 5.73 Å². The van der Waals surface area contributed by atoms with Crippen LogP contribution in [0.2, 0.25) is 5.02 Å². The van der Waals surface area contributed by atoms with E-state index in [4.69, 9.17) is 17.3 Å². The number of nitrogens with zero attached hydrogens (tertiary/aromatic N) is 1. The van der Waals surface area contributed by atoms with Crippen LogP contribution in [0.4, 0.5) is 0 Å². The monoisotopic (exact) mass is 298 g/mol. The quantitative estimate of drug-likeness (QED) is 0.877. The van der Waals surface area contributed by atoms with Crippen LogP contribution < -0.4 is 5.73 Å². The van der Waals surface area contributed by atoms with Gasteiger partial charge in [-0.2, -0.15) is 0 Å². The third-order valence-electron chi connectivity index (χ3n) is 4.02. The molecule has 0 aliphatic heterocycles. The van der Waals surface area contributed by atoms with E-state index in [0.29, 0.717) is 11.2 Å². The lowest BCUT2D eigenvalue weighted by molar-refractivity contribution is 0.276. The highest BCUT2D eigenvalue weighted by Gasteiger charge is 2.30. The highest BCUT2D eigenvalue weighted by molar-refractivity contribution is 8.00. The van der Waals surface area contributed by atoms with Crippen molar-refractivity contribution in [1.29, 1.82) is 0 Å². The summed E-state index contributed by atoms with van der Waals surface area (Å²) in [6.45, 7) is 3.05. The molecule has 1 aliphatic carbocycles. The number of thioether (sulfide) groups is 1. The standard InChI is InChI=1S/C15H23ClN2S/c1-2-4-11-6-7-12(10-17)14(9-11)19-15-13(16)5-3-8-18-15/h3,5,8,11-12,14H,2,4,6-7,9-10,17H2,1H3. The molecule has 2 N–H and O–H groups in total. The molecule has 1 aromatic heterocycles. The molecule has 106 valence electrons. The molecule has 0 bridgehead atoms. The topological polar surface area (TPSA) is 38.9 Å². The highest BCUT2D eigenvalue weighted by atomic mass is 35.5. The minimum Gasteiger partial charge on any atom is -0.330 e. The Morgan fingerprint density at radius 3 is 3.00 bits per heavy atom. The van der Waals surface area contributed by atoms with Gasteiger partial charge in [0.15, 0.2) is 0 Å². The maximum absolute atomic E-state index is 6.22. The third-order valence-corrected chi connectivity index (χ3v) is 5.87. The molecule has 0 saturated heterocycles. The predicted molar refractivity (Wildman–Crippen MR) is 83.7 cm³/mol. The summed E-state index contributed by atoms with van der Waals surface area (Å²) in [5.74, 6) is 1.46. The van der Waals surface area contributed by atoms with Crippen LogP contribution in [0.1, 0.15) is 39.0 Å². The van der Waals surface area contributed by atoms with Gasteiger partial charge in [0.25, 0.3) is 0 Å². The average molecular weight is 299 g/mol. The van der Waals surface area contributed by atoms with Crippen molar-refractivity contribution in [2.45, 2.75) is 49.3 Å². The summed E-state index contributed by atoms with van der Waals surface area (Å²) in [5, 5.41) is 2.30. The molecule has 0 amide bonds. The first-order valence-electron chi connectivity index (χ1n) is 7.21. The highest BCUT2D eigenvalue weighted by Crippen LogP contribution is 2.41. The maximum Gasteiger partial charge on any atom is 0.115 e. The Kier molecular flexibility index (Phi) is 5.99. The van der Waals surface area contributed by atoms with E-state index in [1.807, 2.05) is 30.1 Å². The molecule has 2 nitrogen and oxygen atoms in total. The number of rotatable bonds is 5. The van der Waals surface area contributed by atoms with Crippen LogP contribution in [0.5, 0.6) is 0 Å². The van der Waals surface area contributed by atoms with Crippen LogP contribution >= 0.6 is 23.4 Å². The van der Waals surface area contributed by atoms with Crippen LogP contribution in [0.25, 0.3) is 0 Å². The van der Waals surface area contributed by atoms with Crippen molar-refractivity contribution < 1.29 is 0 Å². The molecule has 1 saturated carbocycles. The Balaban J connectivity index is 2.04. The van der Waals surface area contributed by atoms with Gasteiger partial charge in [-0.1, -0.05) is 37.8 Å². The number of nitrogens with two attached hydrogens (primary N) is 1. The Hall–Kier alpha value is -0.250. The lowest BCUT2D eigenvalue weighted by Gasteiger charge is -2.35. The minimum atomic E-state index is 0.572. The zero-order valence-corrected chi connectivity index (χ0v) is 13.1. The molecule has 0 radical (unpaired) electrons. The summed E-state index contributed by atoms with van der Waals surface area (Å²) < 4.78 is 0. The lowest BCUT2D eigenvalue weighted by atomic mass is 9.80. The molecule has 3 unspecified atom stereocenters. The van der Waals surface area contributed by atoms with Crippen LogP contribution in [0.3, 0.4) is 0 Å². The van der Waals surface area contributed by atoms with Crippen LogP contribution in [-0.4, -0.2) is 16.8 Å². The molecule has 3 atom stereocenters. The van der Waals surface area contributed by atoms with Crippen molar-refractivity contribution in [2.24, 2.45) is 17.6 Å². The van der Waals surface area contributed by atoms with Crippen molar-refractivity contribution in [1.82, 2.24) is 4.98 Å². The van der Waals surface area contributed by atoms with Gasteiger partial charge in [0.05, 0.1) is 5.02 Å². The number of hydrogen-bond donors (Lipinski definition) is 1. The van der Waals surface area contributed by atoms with E-state index in [1.165, 1.54) is 32.1 Å². The maximum atomic E-state index is 6.22. The first-order chi connectivity index (χ1) is 9.24. The Morgan fingerprint density at radius 2 is 2.32 bits per heavy atom. The van der Waals surface area contributed by atoms with Crippen molar-refractivity contribution >= 4 is 23.4 Å². The van der Waals surface area contributed by atoms with Crippen molar-refractivity contribution in [2.75, 3.05) is 6.54 Å². The van der Waals surface area contributed by atoms with Crippen LogP contribution in [0, 0.1) is 11.8 Å². The fraction of sp³-hybridized carbons (Fsp3) is 0.667. The molecular weight excluding hydrogens is 276 g/mol. The summed E-state index contributed by atoms with van der Waals surface area (Å²) in [6.07, 6.45) is 8.28. The van der Waals surface area contributed by atoms with Gasteiger partial charge in [-0.25, -0.2) is 4.98 Å². The molecule has 0 aromatic carbocycles. The number of aromatic nitrogens is 1. The van der Waals surface area contributed by atoms with E-state index in [-0.39, 0.29) is 0 Å². The molecular formula is C15H23ClN2S. The number of halogens is 1. The molecule has 1 heterocycles. The van der Waals surface area contributed by atoms with Gasteiger partial charge in [-0.05, 0) is 43.4 Å². The summed E-state index contributed by atoms with van der Waals surface area (Å²) in [5.41, 5.74) is 5.94. The zero-order chi connectivity index (χ0) is 13.7. The van der Waals surface area contributed by atoms with Crippen molar-refractivity contribution in [3.8, 4) is 0 Å². The second-order valence-electron chi connectivity index (χ2n) is 5.41. The number of hydrogen-bond acceptors (Lipinski definition) is 3. The molecule has 1 aromatic rings. The Morgan fingerprint density at radius 1 is 1.47 bits per heavy atom. The van der Waals surface area contributed by atoms with E-state index in [9.17, 15) is 0 Å². The zero-order valence-electron chi connectivity index (χ0n) is 11.5. The molecule has 2 rings (SSSR count). The first-order valence-corrected chi connectivity index (χ1v) is 8.47. The van der Waals surface area contributed by atoms with Gasteiger partial charge in [-0.3, -0.25) is 0 Å². The van der Waals surface area contributed by atoms with Gasteiger partial charge in [0.2, 0.25) is 0 Å². The second-order valence-corrected chi connectivity index (χ2v) is 7.05. The second kappa shape index (κ2) is 7.51. The van der Waals surface area contributed by atoms with Crippen LogP contribution in [0.15, 0.2) is 23.4 Å². The number of pyridine rings is 1. The lowest BCUT2D eigenvalue weighted by Crippen LogP contribution is -2.32. The largest absolute Gasteiger partial charge is 0.330 e. The third kappa shape index (κ3) is 4.11. The first kappa shape index (κ1) is 15.1. The van der Waals surface area contributed by atoms with E-state index in [2.05, 4.69) is 11.9 Å². The summed E-state index contributed by atoms with van der Waals surface area (Å²) >= 11 is 8.05. The predicted octanol–water partition coefficient (Wildman–Crippen LogP) is 4.37. The molecule has 0 spiro atoms. The van der Waals surface area contributed by atoms with Gasteiger partial charge in [0.1, 0.15) is 5.03 Å². The molecule has 1 aliphatic rings. The van der Waals surface area contributed by atoms with E-state index < -0.39 is 0 Å². The molecule has 1 fully saturated rings. The average Bonchev–Trinajstić information content (AvgIpc) is 2.42. The summed E-state index contributed by atoms with van der Waals surface area (Å²) in [4.78, 5) is 4.40. The fourth-order valence-electron chi connectivity index (χ4n) is 2.96. The van der Waals surface area contributed by atoms with Crippen molar-refractivity contribution in [3.05, 3.63) is 23.4 Å². The SMILES string of the molecule is CCCC1CCC(CN)C(Sc2ncccc2Cl)C1. The van der Waals surface area contributed by atoms with Crippen LogP contribution in [-0.2, 0) is 0 Å². The van der Waals surface area contributed by atoms with Gasteiger partial charge in [0, 0.05) is 11.4 Å². The molecule has 19 heavy (non-hydrogen) atoms. The minimum absolute atomic E-state index is 0.572. The van der Waals surface area contributed by atoms with E-state index >= 15 is 0 Å². The summed E-state index contributed by atoms with van der Waals surface area (Å²) in [6, 6.07) is 3.80. The Labute approximate surface area is 125 Å². The normalized spacial score (nSPS) is 27.4. The van der Waals surface area contributed by atoms with Gasteiger partial charge >= 0.3 is 0 Å². The smallest absolute Gasteiger partial charge is 0.115 e. The van der Waals surface area contributed by atoms with Crippen molar-refractivity contribution in [3.63, 3.8) is 0 Å². The Bertz CT molecular complexity index is 399. The summed E-state index contributed by atoms with van der Waals surface area (Å²) in [7, 11) is 0. The molecule has 4 heteroatoms. The fourth-order valence-corrected chi connectivity index (χ4v) is 4.61. The van der Waals surface area contributed by atoms with Gasteiger partial charge in [-0.15, -0.1) is 11.8 Å².